The highest BCUT2D eigenvalue weighted by atomic mass is 16.3. The van der Waals surface area contributed by atoms with Gasteiger partial charge in [0.15, 0.2) is 0 Å². The van der Waals surface area contributed by atoms with E-state index in [0.29, 0.717) is 5.41 Å². The Morgan fingerprint density at radius 2 is 1.81 bits per heavy atom. The first kappa shape index (κ1) is 24.8. The van der Waals surface area contributed by atoms with Crippen molar-refractivity contribution in [2.45, 2.75) is 130 Å². The maximum absolute atomic E-state index is 10.9. The van der Waals surface area contributed by atoms with Gasteiger partial charge in [0, 0.05) is 0 Å². The first-order valence-corrected chi connectivity index (χ1v) is 14.1. The molecule has 2 nitrogen and oxygen atoms in total. The fourth-order valence-corrected chi connectivity index (χ4v) is 8.91. The Labute approximate surface area is 198 Å². The minimum absolute atomic E-state index is 0.00530. The van der Waals surface area contributed by atoms with Crippen molar-refractivity contribution in [2.24, 2.45) is 46.3 Å². The summed E-state index contributed by atoms with van der Waals surface area (Å²) in [6.45, 7) is 13.8. The molecule has 4 aliphatic rings. The topological polar surface area (TPSA) is 40.5 Å². The van der Waals surface area contributed by atoms with Crippen molar-refractivity contribution in [1.29, 1.82) is 0 Å². The smallest absolute Gasteiger partial charge is 0.0682 e. The first-order valence-electron chi connectivity index (χ1n) is 14.1. The Kier molecular flexibility index (Phi) is 6.99. The van der Waals surface area contributed by atoms with Crippen LogP contribution in [0.25, 0.3) is 0 Å². The molecule has 0 aliphatic heterocycles. The van der Waals surface area contributed by atoms with E-state index in [-0.39, 0.29) is 11.5 Å². The van der Waals surface area contributed by atoms with Crippen LogP contribution in [0.2, 0.25) is 0 Å². The summed E-state index contributed by atoms with van der Waals surface area (Å²) in [5.41, 5.74) is 1.72. The second-order valence-electron chi connectivity index (χ2n) is 13.9. The molecule has 0 heterocycles. The number of aliphatic hydroxyl groups is 2. The molecular formula is C30H52O2. The molecule has 0 aromatic carbocycles. The van der Waals surface area contributed by atoms with Crippen molar-refractivity contribution in [3.8, 4) is 0 Å². The van der Waals surface area contributed by atoms with E-state index in [1.807, 2.05) is 0 Å². The van der Waals surface area contributed by atoms with Crippen molar-refractivity contribution >= 4 is 0 Å². The van der Waals surface area contributed by atoms with Crippen molar-refractivity contribution in [3.05, 3.63) is 11.6 Å². The number of rotatable bonds is 6. The van der Waals surface area contributed by atoms with Gasteiger partial charge < -0.3 is 10.2 Å². The van der Waals surface area contributed by atoms with Gasteiger partial charge in [-0.2, -0.15) is 0 Å². The molecular weight excluding hydrogens is 392 g/mol. The Morgan fingerprint density at radius 3 is 2.50 bits per heavy atom. The van der Waals surface area contributed by atoms with Gasteiger partial charge in [-0.05, 0) is 111 Å². The SMILES string of the molecule is CC[C@]1(O)CC[C@H]2C(=CC[C@@H]3[C@@H]2CC[C@]2(C)[C@@H]([C@H](C)CCC[C@@H](O)C(C)(C)C)CC[C@@H]32)C1. The summed E-state index contributed by atoms with van der Waals surface area (Å²) in [4.78, 5) is 0. The maximum atomic E-state index is 10.9. The Balaban J connectivity index is 1.40. The molecule has 0 aromatic heterocycles. The average molecular weight is 445 g/mol. The van der Waals surface area contributed by atoms with Gasteiger partial charge in [0.25, 0.3) is 0 Å². The van der Waals surface area contributed by atoms with Gasteiger partial charge in [-0.25, -0.2) is 0 Å². The highest BCUT2D eigenvalue weighted by molar-refractivity contribution is 5.22. The van der Waals surface area contributed by atoms with Gasteiger partial charge in [-0.3, -0.25) is 0 Å². The minimum Gasteiger partial charge on any atom is -0.393 e. The Morgan fingerprint density at radius 1 is 1.06 bits per heavy atom. The molecule has 3 saturated carbocycles. The molecule has 0 amide bonds. The van der Waals surface area contributed by atoms with Gasteiger partial charge in [0.2, 0.25) is 0 Å². The van der Waals surface area contributed by atoms with Gasteiger partial charge in [0.1, 0.15) is 0 Å². The van der Waals surface area contributed by atoms with Crippen LogP contribution in [0, 0.1) is 46.3 Å². The van der Waals surface area contributed by atoms with E-state index in [1.54, 1.807) is 5.57 Å². The molecule has 0 spiro atoms. The zero-order valence-electron chi connectivity index (χ0n) is 22.0. The summed E-state index contributed by atoms with van der Waals surface area (Å²) in [5, 5.41) is 21.3. The van der Waals surface area contributed by atoms with Crippen LogP contribution < -0.4 is 0 Å². The van der Waals surface area contributed by atoms with Crippen LogP contribution in [-0.2, 0) is 0 Å². The van der Waals surface area contributed by atoms with Crippen molar-refractivity contribution in [2.75, 3.05) is 0 Å². The molecule has 4 aliphatic carbocycles. The first-order chi connectivity index (χ1) is 15.0. The van der Waals surface area contributed by atoms with E-state index in [9.17, 15) is 10.2 Å². The maximum Gasteiger partial charge on any atom is 0.0682 e. The third-order valence-electron chi connectivity index (χ3n) is 11.1. The van der Waals surface area contributed by atoms with Gasteiger partial charge in [-0.15, -0.1) is 0 Å². The van der Waals surface area contributed by atoms with E-state index in [1.165, 1.54) is 44.9 Å². The summed E-state index contributed by atoms with van der Waals surface area (Å²) in [6, 6.07) is 0. The van der Waals surface area contributed by atoms with Gasteiger partial charge in [-0.1, -0.05) is 66.0 Å². The fraction of sp³-hybridized carbons (Fsp3) is 0.933. The second-order valence-corrected chi connectivity index (χ2v) is 13.9. The average Bonchev–Trinajstić information content (AvgIpc) is 3.09. The van der Waals surface area contributed by atoms with Crippen LogP contribution in [0.5, 0.6) is 0 Å². The number of hydrogen-bond donors (Lipinski definition) is 2. The third kappa shape index (κ3) is 4.49. The monoisotopic (exact) mass is 444 g/mol. The lowest BCUT2D eigenvalue weighted by Crippen LogP contribution is -2.48. The number of fused-ring (bicyclic) bond motifs is 5. The highest BCUT2D eigenvalue weighted by Crippen LogP contribution is 2.65. The predicted molar refractivity (Wildman–Crippen MR) is 134 cm³/mol. The summed E-state index contributed by atoms with van der Waals surface area (Å²) >= 11 is 0. The number of allylic oxidation sites excluding steroid dienone is 1. The molecule has 0 bridgehead atoms. The van der Waals surface area contributed by atoms with Crippen molar-refractivity contribution in [1.82, 2.24) is 0 Å². The molecule has 0 aromatic rings. The molecule has 9 atom stereocenters. The molecule has 0 unspecified atom stereocenters. The standard InChI is InChI=1S/C30H52O2/c1-7-30(32)18-16-22-21(19-30)11-12-24-23(22)15-17-29(6)25(13-14-26(24)29)20(2)9-8-10-27(31)28(3,4)5/h11,20,22-27,31-32H,7-10,12-19H2,1-6H3/t20-,22+,23-,24-,25-,26+,27-,29-,30+/m1/s1. The summed E-state index contributed by atoms with van der Waals surface area (Å²) in [5.74, 6) is 5.07. The molecule has 0 radical (unpaired) electrons. The molecule has 2 N–H and O–H groups in total. The molecule has 3 fully saturated rings. The highest BCUT2D eigenvalue weighted by Gasteiger charge is 2.57. The lowest BCUT2D eigenvalue weighted by Gasteiger charge is -2.55. The summed E-state index contributed by atoms with van der Waals surface area (Å²) in [6.07, 6.45) is 16.8. The van der Waals surface area contributed by atoms with Gasteiger partial charge >= 0.3 is 0 Å². The summed E-state index contributed by atoms with van der Waals surface area (Å²) in [7, 11) is 0. The zero-order valence-corrected chi connectivity index (χ0v) is 22.0. The molecule has 4 rings (SSSR count). The molecule has 2 heteroatoms. The lowest BCUT2D eigenvalue weighted by atomic mass is 9.50. The summed E-state index contributed by atoms with van der Waals surface area (Å²) < 4.78 is 0. The normalized spacial score (nSPS) is 43.6. The fourth-order valence-electron chi connectivity index (χ4n) is 8.91. The molecule has 0 saturated heterocycles. The van der Waals surface area contributed by atoms with Crippen LogP contribution in [-0.4, -0.2) is 21.9 Å². The molecule has 184 valence electrons. The van der Waals surface area contributed by atoms with E-state index < -0.39 is 5.60 Å². The van der Waals surface area contributed by atoms with Crippen LogP contribution >= 0.6 is 0 Å². The third-order valence-corrected chi connectivity index (χ3v) is 11.1. The predicted octanol–water partition coefficient (Wildman–Crippen LogP) is 7.53. The number of aliphatic hydroxyl groups excluding tert-OH is 1. The van der Waals surface area contributed by atoms with E-state index in [2.05, 4.69) is 47.6 Å². The zero-order chi connectivity index (χ0) is 23.3. The van der Waals surface area contributed by atoms with Crippen LogP contribution in [0.3, 0.4) is 0 Å². The Hall–Kier alpha value is -0.340. The molecule has 32 heavy (non-hydrogen) atoms. The quantitative estimate of drug-likeness (QED) is 0.416. The largest absolute Gasteiger partial charge is 0.393 e. The number of hydrogen-bond acceptors (Lipinski definition) is 2. The Bertz CT molecular complexity index is 689. The minimum atomic E-state index is -0.424. The lowest BCUT2D eigenvalue weighted by molar-refractivity contribution is -0.0462. The van der Waals surface area contributed by atoms with Crippen molar-refractivity contribution < 1.29 is 10.2 Å². The van der Waals surface area contributed by atoms with Gasteiger partial charge in [0.05, 0.1) is 11.7 Å². The van der Waals surface area contributed by atoms with E-state index in [0.717, 1.165) is 67.6 Å². The van der Waals surface area contributed by atoms with Crippen LogP contribution in [0.4, 0.5) is 0 Å². The van der Waals surface area contributed by atoms with Crippen molar-refractivity contribution in [3.63, 3.8) is 0 Å². The van der Waals surface area contributed by atoms with E-state index >= 15 is 0 Å². The second kappa shape index (κ2) is 9.03. The van der Waals surface area contributed by atoms with E-state index in [4.69, 9.17) is 0 Å². The van der Waals surface area contributed by atoms with Crippen LogP contribution in [0.1, 0.15) is 119 Å². The van der Waals surface area contributed by atoms with Crippen LogP contribution in [0.15, 0.2) is 11.6 Å².